The zero-order valence-corrected chi connectivity index (χ0v) is 18.0. The first-order chi connectivity index (χ1) is 15.3. The fraction of sp³-hybridized carbons (Fsp3) is 0.154. The Hall–Kier alpha value is -4.06. The molecule has 1 atom stereocenters. The highest BCUT2D eigenvalue weighted by Gasteiger charge is 2.47. The van der Waals surface area contributed by atoms with Crippen LogP contribution in [-0.4, -0.2) is 29.0 Å². The monoisotopic (exact) mass is 429 g/mol. The number of anilines is 1. The van der Waals surface area contributed by atoms with Gasteiger partial charge in [0, 0.05) is 5.56 Å². The molecule has 0 bridgehead atoms. The van der Waals surface area contributed by atoms with Crippen LogP contribution in [-0.2, 0) is 9.59 Å². The number of carbonyl (C=O) groups is 2. The van der Waals surface area contributed by atoms with Gasteiger partial charge in [-0.25, -0.2) is 0 Å². The fourth-order valence-corrected chi connectivity index (χ4v) is 3.99. The van der Waals surface area contributed by atoms with E-state index >= 15 is 0 Å². The lowest BCUT2D eigenvalue weighted by atomic mass is 9.93. The quantitative estimate of drug-likeness (QED) is 0.358. The maximum absolute atomic E-state index is 13.2. The Balaban J connectivity index is 1.99. The number of hydrogen-bond donors (Lipinski definition) is 2. The van der Waals surface area contributed by atoms with Crippen LogP contribution >= 0.6 is 0 Å². The summed E-state index contributed by atoms with van der Waals surface area (Å²) in [6, 6.07) is 17.8. The molecular weight excluding hydrogens is 406 g/mol. The van der Waals surface area contributed by atoms with Crippen LogP contribution in [0.4, 0.5) is 5.69 Å². The molecule has 1 fully saturated rings. The molecule has 1 saturated heterocycles. The molecule has 162 valence electrons. The van der Waals surface area contributed by atoms with E-state index in [1.807, 2.05) is 26.0 Å². The maximum atomic E-state index is 13.2. The summed E-state index contributed by atoms with van der Waals surface area (Å²) >= 11 is 0. The van der Waals surface area contributed by atoms with Gasteiger partial charge >= 0.3 is 0 Å². The van der Waals surface area contributed by atoms with Gasteiger partial charge in [0.1, 0.15) is 17.3 Å². The molecule has 0 radical (unpaired) electrons. The summed E-state index contributed by atoms with van der Waals surface area (Å²) in [6.45, 7) is 3.72. The zero-order chi connectivity index (χ0) is 23.0. The number of Topliss-reactive ketones (excluding diaryl/α,β-unsaturated/α-hetero) is 1. The van der Waals surface area contributed by atoms with Crippen molar-refractivity contribution in [2.24, 2.45) is 0 Å². The number of aliphatic hydroxyl groups is 1. The molecule has 3 aromatic carbocycles. The minimum Gasteiger partial charge on any atom is -0.507 e. The van der Waals surface area contributed by atoms with Gasteiger partial charge in [-0.1, -0.05) is 42.0 Å². The van der Waals surface area contributed by atoms with Crippen molar-refractivity contribution in [3.63, 3.8) is 0 Å². The molecule has 1 aliphatic heterocycles. The highest BCUT2D eigenvalue weighted by Crippen LogP contribution is 2.45. The Morgan fingerprint density at radius 1 is 0.969 bits per heavy atom. The van der Waals surface area contributed by atoms with Crippen LogP contribution in [0.2, 0.25) is 0 Å². The Bertz CT molecular complexity index is 1240. The average molecular weight is 429 g/mol. The lowest BCUT2D eigenvalue weighted by molar-refractivity contribution is -0.132. The molecule has 0 aliphatic carbocycles. The molecule has 32 heavy (non-hydrogen) atoms. The number of phenolic OH excluding ortho intramolecular Hbond substituents is 1. The summed E-state index contributed by atoms with van der Waals surface area (Å²) < 4.78 is 5.23. The van der Waals surface area contributed by atoms with E-state index in [1.165, 1.54) is 11.0 Å². The van der Waals surface area contributed by atoms with Gasteiger partial charge in [0.15, 0.2) is 0 Å². The van der Waals surface area contributed by atoms with Crippen LogP contribution in [0.3, 0.4) is 0 Å². The first-order valence-corrected chi connectivity index (χ1v) is 10.1. The molecule has 4 rings (SSSR count). The van der Waals surface area contributed by atoms with E-state index in [9.17, 15) is 19.8 Å². The van der Waals surface area contributed by atoms with E-state index in [2.05, 4.69) is 0 Å². The van der Waals surface area contributed by atoms with Crippen molar-refractivity contribution in [1.29, 1.82) is 0 Å². The van der Waals surface area contributed by atoms with Gasteiger partial charge in [-0.05, 0) is 55.3 Å². The van der Waals surface area contributed by atoms with E-state index in [4.69, 9.17) is 4.74 Å². The number of hydrogen-bond acceptors (Lipinski definition) is 5. The van der Waals surface area contributed by atoms with Crippen LogP contribution in [0.5, 0.6) is 11.5 Å². The minimum atomic E-state index is -0.922. The Labute approximate surface area is 186 Å². The number of benzene rings is 3. The van der Waals surface area contributed by atoms with Gasteiger partial charge in [-0.3, -0.25) is 14.5 Å². The minimum absolute atomic E-state index is 0.0304. The molecule has 1 unspecified atom stereocenters. The van der Waals surface area contributed by atoms with Crippen LogP contribution in [0.1, 0.15) is 28.3 Å². The first kappa shape index (κ1) is 21.2. The number of nitrogens with zero attached hydrogens (tertiary/aromatic N) is 1. The van der Waals surface area contributed by atoms with Gasteiger partial charge in [0.05, 0.1) is 24.4 Å². The van der Waals surface area contributed by atoms with E-state index in [0.29, 0.717) is 16.9 Å². The highest BCUT2D eigenvalue weighted by atomic mass is 16.5. The number of aryl methyl sites for hydroxylation is 2. The van der Waals surface area contributed by atoms with Crippen molar-refractivity contribution in [3.8, 4) is 11.5 Å². The second-order valence-corrected chi connectivity index (χ2v) is 7.75. The molecule has 3 aromatic rings. The van der Waals surface area contributed by atoms with E-state index < -0.39 is 17.7 Å². The number of methoxy groups -OCH3 is 1. The van der Waals surface area contributed by atoms with Crippen molar-refractivity contribution >= 4 is 23.1 Å². The molecule has 1 amide bonds. The number of ether oxygens (including phenoxy) is 1. The number of rotatable bonds is 4. The van der Waals surface area contributed by atoms with Crippen LogP contribution in [0.25, 0.3) is 5.76 Å². The molecule has 6 heteroatoms. The van der Waals surface area contributed by atoms with E-state index in [-0.39, 0.29) is 22.8 Å². The smallest absolute Gasteiger partial charge is 0.300 e. The topological polar surface area (TPSA) is 87.1 Å². The number of para-hydroxylation sites is 2. The molecular formula is C26H23NO5. The third kappa shape index (κ3) is 3.50. The molecule has 0 saturated carbocycles. The van der Waals surface area contributed by atoms with Gasteiger partial charge in [-0.15, -0.1) is 0 Å². The summed E-state index contributed by atoms with van der Waals surface area (Å²) in [7, 11) is 1.55. The Morgan fingerprint density at radius 3 is 2.31 bits per heavy atom. The standard InChI is InChI=1S/C26H23NO5/c1-15-8-9-16(2)19(14-15)24(29)22-23(17-10-12-18(32-3)13-11-17)27(26(31)25(22)30)20-6-4-5-7-21(20)28/h4-14,23,28-29H,1-3H3/b24-22+. The van der Waals surface area contributed by atoms with Crippen LogP contribution in [0, 0.1) is 13.8 Å². The van der Waals surface area contributed by atoms with Gasteiger partial charge < -0.3 is 14.9 Å². The SMILES string of the molecule is COc1ccc(C2/C(=C(\O)c3cc(C)ccc3C)C(=O)C(=O)N2c2ccccc2O)cc1. The number of ketones is 1. The number of phenols is 1. The molecule has 0 spiro atoms. The summed E-state index contributed by atoms with van der Waals surface area (Å²) in [5.41, 5.74) is 2.93. The Morgan fingerprint density at radius 2 is 1.66 bits per heavy atom. The maximum Gasteiger partial charge on any atom is 0.300 e. The summed E-state index contributed by atoms with van der Waals surface area (Å²) in [5, 5.41) is 21.7. The number of aromatic hydroxyl groups is 1. The van der Waals surface area contributed by atoms with Crippen molar-refractivity contribution in [1.82, 2.24) is 0 Å². The van der Waals surface area contributed by atoms with E-state index in [0.717, 1.165) is 11.1 Å². The van der Waals surface area contributed by atoms with Crippen molar-refractivity contribution in [2.75, 3.05) is 12.0 Å². The molecule has 1 heterocycles. The zero-order valence-electron chi connectivity index (χ0n) is 18.0. The average Bonchev–Trinajstić information content (AvgIpc) is 3.06. The normalized spacial score (nSPS) is 17.6. The van der Waals surface area contributed by atoms with Crippen molar-refractivity contribution in [3.05, 3.63) is 94.6 Å². The highest BCUT2D eigenvalue weighted by molar-refractivity contribution is 6.52. The predicted octanol–water partition coefficient (Wildman–Crippen LogP) is 4.64. The van der Waals surface area contributed by atoms with Gasteiger partial charge in [0.25, 0.3) is 11.7 Å². The lowest BCUT2D eigenvalue weighted by Crippen LogP contribution is -2.29. The number of aliphatic hydroxyl groups excluding tert-OH is 1. The van der Waals surface area contributed by atoms with Crippen molar-refractivity contribution < 1.29 is 24.5 Å². The molecule has 1 aliphatic rings. The van der Waals surface area contributed by atoms with Gasteiger partial charge in [-0.2, -0.15) is 0 Å². The van der Waals surface area contributed by atoms with Crippen molar-refractivity contribution in [2.45, 2.75) is 19.9 Å². The molecule has 2 N–H and O–H groups in total. The fourth-order valence-electron chi connectivity index (χ4n) is 3.99. The lowest BCUT2D eigenvalue weighted by Gasteiger charge is -2.26. The second kappa shape index (κ2) is 8.23. The van der Waals surface area contributed by atoms with Crippen LogP contribution < -0.4 is 9.64 Å². The summed E-state index contributed by atoms with van der Waals surface area (Å²) in [6.07, 6.45) is 0. The largest absolute Gasteiger partial charge is 0.507 e. The molecule has 6 nitrogen and oxygen atoms in total. The predicted molar refractivity (Wildman–Crippen MR) is 122 cm³/mol. The third-order valence-corrected chi connectivity index (χ3v) is 5.67. The van der Waals surface area contributed by atoms with E-state index in [1.54, 1.807) is 55.6 Å². The summed E-state index contributed by atoms with van der Waals surface area (Å²) in [4.78, 5) is 27.6. The second-order valence-electron chi connectivity index (χ2n) is 7.75. The first-order valence-electron chi connectivity index (χ1n) is 10.1. The Kier molecular flexibility index (Phi) is 5.45. The number of amides is 1. The molecule has 0 aromatic heterocycles. The van der Waals surface area contributed by atoms with Gasteiger partial charge in [0.2, 0.25) is 0 Å². The third-order valence-electron chi connectivity index (χ3n) is 5.67. The number of carbonyl (C=O) groups excluding carboxylic acids is 2. The van der Waals surface area contributed by atoms with Crippen LogP contribution in [0.15, 0.2) is 72.3 Å². The summed E-state index contributed by atoms with van der Waals surface area (Å²) in [5.74, 6) is -1.41.